The summed E-state index contributed by atoms with van der Waals surface area (Å²) in [5.74, 6) is 1.05. The molecule has 0 bridgehead atoms. The molecule has 5 heteroatoms. The van der Waals surface area contributed by atoms with Gasteiger partial charge in [0, 0.05) is 23.2 Å². The van der Waals surface area contributed by atoms with E-state index in [0.717, 1.165) is 11.1 Å². The molecule has 2 aromatic carbocycles. The van der Waals surface area contributed by atoms with Gasteiger partial charge in [-0.05, 0) is 43.2 Å². The minimum Gasteiger partial charge on any atom is -0.493 e. The second-order valence-corrected chi connectivity index (χ2v) is 6.44. The molecule has 0 spiro atoms. The number of benzene rings is 2. The van der Waals surface area contributed by atoms with Crippen LogP contribution in [0.2, 0.25) is 5.02 Å². The van der Waals surface area contributed by atoms with E-state index in [2.05, 4.69) is 6.58 Å². The fourth-order valence-corrected chi connectivity index (χ4v) is 2.94. The molecular weight excluding hydrogens is 350 g/mol. The first-order valence-corrected chi connectivity index (χ1v) is 8.69. The Morgan fingerprint density at radius 3 is 2.42 bits per heavy atom. The second-order valence-electron chi connectivity index (χ2n) is 6.01. The summed E-state index contributed by atoms with van der Waals surface area (Å²) in [5, 5.41) is 0.670. The summed E-state index contributed by atoms with van der Waals surface area (Å²) in [7, 11) is 4.93. The van der Waals surface area contributed by atoms with Gasteiger partial charge in [-0.25, -0.2) is 0 Å². The topological polar surface area (TPSA) is 38.8 Å². The van der Waals surface area contributed by atoms with Crippen molar-refractivity contribution in [2.75, 3.05) is 21.3 Å². The summed E-state index contributed by atoms with van der Waals surface area (Å²) in [4.78, 5) is 14.7. The van der Waals surface area contributed by atoms with Crippen molar-refractivity contribution in [1.82, 2.24) is 4.90 Å². The largest absolute Gasteiger partial charge is 0.493 e. The number of amides is 1. The molecular formula is C21H24ClNO3. The van der Waals surface area contributed by atoms with Crippen LogP contribution < -0.4 is 9.47 Å². The molecule has 0 aromatic heterocycles. The predicted molar refractivity (Wildman–Crippen MR) is 105 cm³/mol. The van der Waals surface area contributed by atoms with Crippen LogP contribution in [0.5, 0.6) is 11.5 Å². The molecule has 0 unspecified atom stereocenters. The standard InChI is InChI=1S/C21H24ClNO3/c1-6-7-16-12-17(13-19(25-4)20(16)26-5)21(24)23(3)14(2)15-8-10-18(22)11-9-15/h6,8-14H,1,7H2,2-5H3/t14-/m0/s1. The van der Waals surface area contributed by atoms with Gasteiger partial charge in [0.2, 0.25) is 0 Å². The first-order chi connectivity index (χ1) is 12.4. The first kappa shape index (κ1) is 19.9. The van der Waals surface area contributed by atoms with Crippen LogP contribution in [-0.2, 0) is 6.42 Å². The van der Waals surface area contributed by atoms with Crippen LogP contribution in [0.4, 0.5) is 0 Å². The molecule has 0 aliphatic rings. The summed E-state index contributed by atoms with van der Waals surface area (Å²) >= 11 is 5.95. The maximum Gasteiger partial charge on any atom is 0.254 e. The molecule has 2 aromatic rings. The maximum absolute atomic E-state index is 13.0. The van der Waals surface area contributed by atoms with Crippen molar-refractivity contribution in [1.29, 1.82) is 0 Å². The van der Waals surface area contributed by atoms with Crippen LogP contribution in [0, 0.1) is 0 Å². The minimum absolute atomic E-state index is 0.0984. The van der Waals surface area contributed by atoms with E-state index >= 15 is 0 Å². The number of rotatable bonds is 7. The van der Waals surface area contributed by atoms with E-state index in [-0.39, 0.29) is 11.9 Å². The molecule has 0 saturated heterocycles. The molecule has 0 N–H and O–H groups in total. The van der Waals surface area contributed by atoms with E-state index < -0.39 is 0 Å². The third-order valence-electron chi connectivity index (χ3n) is 4.42. The van der Waals surface area contributed by atoms with Crippen molar-refractivity contribution in [2.24, 2.45) is 0 Å². The van der Waals surface area contributed by atoms with Crippen molar-refractivity contribution in [3.05, 3.63) is 70.8 Å². The van der Waals surface area contributed by atoms with Crippen LogP contribution in [0.15, 0.2) is 49.1 Å². The van der Waals surface area contributed by atoms with E-state index in [1.165, 1.54) is 0 Å². The van der Waals surface area contributed by atoms with Gasteiger partial charge in [0.05, 0.1) is 20.3 Å². The van der Waals surface area contributed by atoms with Crippen molar-refractivity contribution in [3.63, 3.8) is 0 Å². The van der Waals surface area contributed by atoms with Gasteiger partial charge in [0.15, 0.2) is 11.5 Å². The van der Waals surface area contributed by atoms with Gasteiger partial charge in [0.1, 0.15) is 0 Å². The average molecular weight is 374 g/mol. The fraction of sp³-hybridized carbons (Fsp3) is 0.286. The van der Waals surface area contributed by atoms with Crippen LogP contribution in [0.25, 0.3) is 0 Å². The molecule has 1 amide bonds. The van der Waals surface area contributed by atoms with Gasteiger partial charge in [-0.1, -0.05) is 29.8 Å². The van der Waals surface area contributed by atoms with E-state index in [1.807, 2.05) is 37.3 Å². The smallest absolute Gasteiger partial charge is 0.254 e. The lowest BCUT2D eigenvalue weighted by atomic mass is 10.0. The van der Waals surface area contributed by atoms with E-state index in [4.69, 9.17) is 21.1 Å². The third-order valence-corrected chi connectivity index (χ3v) is 4.67. The first-order valence-electron chi connectivity index (χ1n) is 8.31. The van der Waals surface area contributed by atoms with Crippen molar-refractivity contribution in [3.8, 4) is 11.5 Å². The van der Waals surface area contributed by atoms with Crippen LogP contribution in [0.1, 0.15) is 34.5 Å². The van der Waals surface area contributed by atoms with Crippen LogP contribution >= 0.6 is 11.6 Å². The Morgan fingerprint density at radius 2 is 1.88 bits per heavy atom. The summed E-state index contributed by atoms with van der Waals surface area (Å²) in [6, 6.07) is 10.9. The maximum atomic E-state index is 13.0. The highest BCUT2D eigenvalue weighted by atomic mass is 35.5. The quantitative estimate of drug-likeness (QED) is 0.646. The van der Waals surface area contributed by atoms with Crippen molar-refractivity contribution in [2.45, 2.75) is 19.4 Å². The SMILES string of the molecule is C=CCc1cc(C(=O)N(C)[C@@H](C)c2ccc(Cl)cc2)cc(OC)c1OC. The lowest BCUT2D eigenvalue weighted by Crippen LogP contribution is -2.29. The lowest BCUT2D eigenvalue weighted by molar-refractivity contribution is 0.0742. The molecule has 138 valence electrons. The zero-order chi connectivity index (χ0) is 19.3. The number of hydrogen-bond donors (Lipinski definition) is 0. The van der Waals surface area contributed by atoms with Gasteiger partial charge in [0.25, 0.3) is 5.91 Å². The van der Waals surface area contributed by atoms with Gasteiger partial charge in [-0.3, -0.25) is 4.79 Å². The monoisotopic (exact) mass is 373 g/mol. The zero-order valence-corrected chi connectivity index (χ0v) is 16.3. The van der Waals surface area contributed by atoms with Gasteiger partial charge < -0.3 is 14.4 Å². The number of ether oxygens (including phenoxy) is 2. The Labute approximate surface area is 160 Å². The Morgan fingerprint density at radius 1 is 1.23 bits per heavy atom. The highest BCUT2D eigenvalue weighted by Gasteiger charge is 2.22. The number of methoxy groups -OCH3 is 2. The van der Waals surface area contributed by atoms with Crippen LogP contribution in [-0.4, -0.2) is 32.1 Å². The Balaban J connectivity index is 2.36. The Hall–Kier alpha value is -2.46. The fourth-order valence-electron chi connectivity index (χ4n) is 2.82. The minimum atomic E-state index is -0.101. The van der Waals surface area contributed by atoms with Crippen molar-refractivity contribution >= 4 is 17.5 Å². The normalized spacial score (nSPS) is 11.6. The highest BCUT2D eigenvalue weighted by Crippen LogP contribution is 2.34. The Kier molecular flexibility index (Phi) is 6.70. The van der Waals surface area contributed by atoms with E-state index in [9.17, 15) is 4.79 Å². The second kappa shape index (κ2) is 8.77. The summed E-state index contributed by atoms with van der Waals surface area (Å²) in [6.45, 7) is 5.75. The zero-order valence-electron chi connectivity index (χ0n) is 15.6. The van der Waals surface area contributed by atoms with Crippen molar-refractivity contribution < 1.29 is 14.3 Å². The highest BCUT2D eigenvalue weighted by molar-refractivity contribution is 6.30. The predicted octanol–water partition coefficient (Wildman–Crippen LogP) is 4.92. The van der Waals surface area contributed by atoms with Gasteiger partial charge >= 0.3 is 0 Å². The Bertz CT molecular complexity index is 787. The van der Waals surface area contributed by atoms with Gasteiger partial charge in [-0.15, -0.1) is 6.58 Å². The summed E-state index contributed by atoms with van der Waals surface area (Å²) in [5.41, 5.74) is 2.41. The number of carbonyl (C=O) groups is 1. The van der Waals surface area contributed by atoms with Crippen LogP contribution in [0.3, 0.4) is 0 Å². The third kappa shape index (κ3) is 4.20. The van der Waals surface area contributed by atoms with E-state index in [1.54, 1.807) is 38.3 Å². The van der Waals surface area contributed by atoms with Gasteiger partial charge in [-0.2, -0.15) is 0 Å². The number of allylic oxidation sites excluding steroid dienone is 1. The number of halogens is 1. The molecule has 0 aliphatic carbocycles. The number of hydrogen-bond acceptors (Lipinski definition) is 3. The molecule has 26 heavy (non-hydrogen) atoms. The lowest BCUT2D eigenvalue weighted by Gasteiger charge is -2.26. The summed E-state index contributed by atoms with van der Waals surface area (Å²) in [6.07, 6.45) is 2.35. The molecule has 0 radical (unpaired) electrons. The molecule has 0 heterocycles. The number of nitrogens with zero attached hydrogens (tertiary/aromatic N) is 1. The molecule has 4 nitrogen and oxygen atoms in total. The molecule has 0 aliphatic heterocycles. The molecule has 1 atom stereocenters. The van der Waals surface area contributed by atoms with E-state index in [0.29, 0.717) is 28.5 Å². The molecule has 2 rings (SSSR count). The summed E-state index contributed by atoms with van der Waals surface area (Å²) < 4.78 is 10.8. The average Bonchev–Trinajstić information content (AvgIpc) is 2.66. The molecule has 0 fully saturated rings. The molecule has 0 saturated carbocycles. The number of carbonyl (C=O) groups excluding carboxylic acids is 1.